The Bertz CT molecular complexity index is 697. The number of hydrogen-bond acceptors (Lipinski definition) is 5. The maximum absolute atomic E-state index is 12.9. The first-order chi connectivity index (χ1) is 12.0. The highest BCUT2D eigenvalue weighted by molar-refractivity contribution is 7.86. The predicted octanol–water partition coefficient (Wildman–Crippen LogP) is 0.809. The number of rotatable bonds is 5. The number of piperidine rings is 1. The number of aromatic carboxylic acids is 1. The molecule has 0 bridgehead atoms. The van der Waals surface area contributed by atoms with Crippen LogP contribution in [-0.4, -0.2) is 69.3 Å². The lowest BCUT2D eigenvalue weighted by Crippen LogP contribution is -2.48. The second-order valence-corrected chi connectivity index (χ2v) is 8.75. The van der Waals surface area contributed by atoms with Gasteiger partial charge in [-0.2, -0.15) is 17.0 Å². The third-order valence-electron chi connectivity index (χ3n) is 4.90. The molecule has 3 rings (SSSR count). The molecule has 0 aromatic carbocycles. The van der Waals surface area contributed by atoms with Crippen LogP contribution in [0.2, 0.25) is 0 Å². The molecule has 1 atom stereocenters. The van der Waals surface area contributed by atoms with Gasteiger partial charge in [-0.05, 0) is 31.6 Å². The van der Waals surface area contributed by atoms with Crippen molar-refractivity contribution in [2.24, 2.45) is 5.92 Å². The molecule has 2 fully saturated rings. The van der Waals surface area contributed by atoms with Crippen molar-refractivity contribution in [1.29, 1.82) is 0 Å². The van der Waals surface area contributed by atoms with Crippen LogP contribution in [0, 0.1) is 5.92 Å². The monoisotopic (exact) mass is 371 g/mol. The molecule has 1 N–H and O–H groups in total. The van der Waals surface area contributed by atoms with Gasteiger partial charge in [-0.3, -0.25) is 4.68 Å². The Hall–Kier alpha value is -1.52. The van der Waals surface area contributed by atoms with E-state index in [1.54, 1.807) is 8.61 Å². The summed E-state index contributed by atoms with van der Waals surface area (Å²) in [6, 6.07) is 0. The normalized spacial score (nSPS) is 24.1. The number of carbonyl (C=O) groups is 1. The lowest BCUT2D eigenvalue weighted by molar-refractivity contribution is 0.0690. The molecule has 3 heterocycles. The molecule has 140 valence electrons. The summed E-state index contributed by atoms with van der Waals surface area (Å²) in [7, 11) is -3.41. The zero-order valence-corrected chi connectivity index (χ0v) is 15.1. The average molecular weight is 371 g/mol. The van der Waals surface area contributed by atoms with Crippen molar-refractivity contribution in [3.63, 3.8) is 0 Å². The smallest absolute Gasteiger partial charge is 0.358 e. The number of nitrogens with zero attached hydrogens (tertiary/aromatic N) is 5. The minimum atomic E-state index is -3.41. The van der Waals surface area contributed by atoms with E-state index in [2.05, 4.69) is 10.3 Å². The van der Waals surface area contributed by atoms with Crippen molar-refractivity contribution in [1.82, 2.24) is 23.6 Å². The lowest BCUT2D eigenvalue weighted by Gasteiger charge is -2.35. The first-order valence-electron chi connectivity index (χ1n) is 8.85. The van der Waals surface area contributed by atoms with Crippen LogP contribution in [0.25, 0.3) is 0 Å². The highest BCUT2D eigenvalue weighted by atomic mass is 32.2. The summed E-state index contributed by atoms with van der Waals surface area (Å²) in [5, 5.41) is 16.3. The van der Waals surface area contributed by atoms with E-state index in [9.17, 15) is 13.2 Å². The van der Waals surface area contributed by atoms with Crippen molar-refractivity contribution in [2.45, 2.75) is 45.1 Å². The molecule has 25 heavy (non-hydrogen) atoms. The minimum absolute atomic E-state index is 0.0927. The molecule has 2 aliphatic rings. The van der Waals surface area contributed by atoms with Gasteiger partial charge in [0.15, 0.2) is 5.69 Å². The quantitative estimate of drug-likeness (QED) is 0.820. The van der Waals surface area contributed by atoms with E-state index in [-0.39, 0.29) is 11.6 Å². The van der Waals surface area contributed by atoms with E-state index in [1.165, 1.54) is 10.9 Å². The number of aromatic nitrogens is 3. The van der Waals surface area contributed by atoms with E-state index in [4.69, 9.17) is 5.11 Å². The zero-order chi connectivity index (χ0) is 17.9. The number of carboxylic acid groups (broad SMARTS) is 1. The highest BCUT2D eigenvalue weighted by Crippen LogP contribution is 2.24. The summed E-state index contributed by atoms with van der Waals surface area (Å²) in [4.78, 5) is 10.9. The molecular formula is C15H25N5O4S. The first kappa shape index (κ1) is 18.3. The van der Waals surface area contributed by atoms with E-state index in [0.717, 1.165) is 38.5 Å². The van der Waals surface area contributed by atoms with Crippen LogP contribution in [0.1, 0.15) is 49.0 Å². The lowest BCUT2D eigenvalue weighted by atomic mass is 10.00. The number of carboxylic acids is 1. The molecule has 10 heteroatoms. The molecule has 0 unspecified atom stereocenters. The molecule has 0 amide bonds. The van der Waals surface area contributed by atoms with Crippen molar-refractivity contribution in [2.75, 3.05) is 26.2 Å². The van der Waals surface area contributed by atoms with Gasteiger partial charge >= 0.3 is 5.97 Å². The van der Waals surface area contributed by atoms with Crippen LogP contribution in [0.5, 0.6) is 0 Å². The van der Waals surface area contributed by atoms with Gasteiger partial charge in [0.2, 0.25) is 0 Å². The first-order valence-corrected chi connectivity index (χ1v) is 10.2. The van der Waals surface area contributed by atoms with Gasteiger partial charge in [-0.25, -0.2) is 4.79 Å². The zero-order valence-electron chi connectivity index (χ0n) is 14.2. The average Bonchev–Trinajstić information content (AvgIpc) is 2.88. The van der Waals surface area contributed by atoms with Gasteiger partial charge in [-0.15, -0.1) is 5.10 Å². The summed E-state index contributed by atoms with van der Waals surface area (Å²) in [5.41, 5.74) is -0.0927. The standard InChI is InChI=1S/C15H25N5O4S/c21-15(22)14-12-18(17-16-14)10-13-6-5-9-20(11-13)25(23,24)19-7-3-1-2-4-8-19/h12-13H,1-11H2,(H,21,22)/t13-/m0/s1. The molecule has 0 saturated carbocycles. The largest absolute Gasteiger partial charge is 0.476 e. The Kier molecular flexibility index (Phi) is 5.70. The topological polar surface area (TPSA) is 109 Å². The summed E-state index contributed by atoms with van der Waals surface area (Å²) in [5.74, 6) is -1.00. The van der Waals surface area contributed by atoms with Crippen molar-refractivity contribution in [3.8, 4) is 0 Å². The third kappa shape index (κ3) is 4.36. The molecule has 0 radical (unpaired) electrons. The molecule has 9 nitrogen and oxygen atoms in total. The third-order valence-corrected chi connectivity index (χ3v) is 6.90. The number of hydrogen-bond donors (Lipinski definition) is 1. The summed E-state index contributed by atoms with van der Waals surface area (Å²) in [6.45, 7) is 2.68. The van der Waals surface area contributed by atoms with Gasteiger partial charge in [0, 0.05) is 32.7 Å². The van der Waals surface area contributed by atoms with Gasteiger partial charge in [0.05, 0.1) is 6.20 Å². The van der Waals surface area contributed by atoms with Crippen LogP contribution in [0.15, 0.2) is 6.20 Å². The van der Waals surface area contributed by atoms with Crippen LogP contribution < -0.4 is 0 Å². The van der Waals surface area contributed by atoms with Gasteiger partial charge in [0.25, 0.3) is 10.2 Å². The molecule has 2 aliphatic heterocycles. The summed E-state index contributed by atoms with van der Waals surface area (Å²) in [6.07, 6.45) is 7.12. The van der Waals surface area contributed by atoms with Crippen molar-refractivity contribution in [3.05, 3.63) is 11.9 Å². The molecule has 1 aromatic rings. The van der Waals surface area contributed by atoms with E-state index >= 15 is 0 Å². The highest BCUT2D eigenvalue weighted by Gasteiger charge is 2.34. The molecule has 0 aliphatic carbocycles. The fourth-order valence-electron chi connectivity index (χ4n) is 3.57. The van der Waals surface area contributed by atoms with Crippen LogP contribution in [0.3, 0.4) is 0 Å². The van der Waals surface area contributed by atoms with Gasteiger partial charge in [-0.1, -0.05) is 18.1 Å². The molecule has 0 spiro atoms. The second-order valence-electron chi connectivity index (χ2n) is 6.82. The fourth-order valence-corrected chi connectivity index (χ4v) is 5.38. The fraction of sp³-hybridized carbons (Fsp3) is 0.800. The van der Waals surface area contributed by atoms with E-state index in [1.807, 2.05) is 0 Å². The van der Waals surface area contributed by atoms with Gasteiger partial charge in [0.1, 0.15) is 0 Å². The summed E-state index contributed by atoms with van der Waals surface area (Å²) < 4.78 is 30.6. The van der Waals surface area contributed by atoms with Crippen LogP contribution >= 0.6 is 0 Å². The summed E-state index contributed by atoms with van der Waals surface area (Å²) >= 11 is 0. The Balaban J connectivity index is 1.64. The van der Waals surface area contributed by atoms with Crippen LogP contribution in [0.4, 0.5) is 0 Å². The predicted molar refractivity (Wildman–Crippen MR) is 90.2 cm³/mol. The maximum atomic E-state index is 12.9. The van der Waals surface area contributed by atoms with Gasteiger partial charge < -0.3 is 5.11 Å². The molecule has 2 saturated heterocycles. The van der Waals surface area contributed by atoms with E-state index in [0.29, 0.717) is 32.7 Å². The minimum Gasteiger partial charge on any atom is -0.476 e. The van der Waals surface area contributed by atoms with Crippen molar-refractivity contribution >= 4 is 16.2 Å². The Labute approximate surface area is 147 Å². The van der Waals surface area contributed by atoms with Crippen molar-refractivity contribution < 1.29 is 18.3 Å². The molecular weight excluding hydrogens is 346 g/mol. The Morgan fingerprint density at radius 1 is 1.12 bits per heavy atom. The maximum Gasteiger partial charge on any atom is 0.358 e. The molecule has 1 aromatic heterocycles. The van der Waals surface area contributed by atoms with Crippen LogP contribution in [-0.2, 0) is 16.8 Å². The Morgan fingerprint density at radius 2 is 1.80 bits per heavy atom. The Morgan fingerprint density at radius 3 is 2.44 bits per heavy atom. The van der Waals surface area contributed by atoms with E-state index < -0.39 is 16.2 Å². The second kappa shape index (κ2) is 7.79. The SMILES string of the molecule is O=C(O)c1cn(C[C@@H]2CCCN(S(=O)(=O)N3CCCCCC3)C2)nn1.